The first-order valence-electron chi connectivity index (χ1n) is 10.5. The van der Waals surface area contributed by atoms with Crippen molar-refractivity contribution in [2.45, 2.75) is 31.6 Å². The van der Waals surface area contributed by atoms with Crippen LogP contribution in [0.3, 0.4) is 0 Å². The van der Waals surface area contributed by atoms with E-state index in [1.165, 1.54) is 34.1 Å². The first-order chi connectivity index (χ1) is 14.3. The number of benzene rings is 2. The van der Waals surface area contributed by atoms with Crippen molar-refractivity contribution in [2.24, 2.45) is 0 Å². The molecule has 0 heterocycles. The maximum absolute atomic E-state index is 12.4. The fourth-order valence-electron chi connectivity index (χ4n) is 4.85. The van der Waals surface area contributed by atoms with E-state index in [4.69, 9.17) is 11.1 Å². The Morgan fingerprint density at radius 1 is 1.20 bits per heavy atom. The SMILES string of the molecule is CN(C)CCNC(=O)c1ccc(C2(C)Cc3ccc(N)c(C=N)c3C3=C2CC3)cc1. The second kappa shape index (κ2) is 7.73. The van der Waals surface area contributed by atoms with E-state index in [1.54, 1.807) is 0 Å². The molecule has 1 atom stereocenters. The number of nitrogens with two attached hydrogens (primary N) is 1. The Hall–Kier alpha value is -2.92. The smallest absolute Gasteiger partial charge is 0.251 e. The molecule has 2 aliphatic carbocycles. The molecule has 0 spiro atoms. The molecule has 5 nitrogen and oxygen atoms in total. The number of hydrogen-bond donors (Lipinski definition) is 3. The maximum atomic E-state index is 12.4. The number of likely N-dealkylation sites (N-methyl/N-ethyl adjacent to an activating group) is 1. The molecule has 5 heteroatoms. The molecule has 0 saturated carbocycles. The van der Waals surface area contributed by atoms with Crippen LogP contribution in [0.25, 0.3) is 5.57 Å². The third-order valence-electron chi connectivity index (χ3n) is 6.64. The predicted molar refractivity (Wildman–Crippen MR) is 123 cm³/mol. The molecule has 2 aromatic carbocycles. The van der Waals surface area contributed by atoms with E-state index in [0.717, 1.165) is 31.4 Å². The van der Waals surface area contributed by atoms with Crippen LogP contribution in [0.15, 0.2) is 42.0 Å². The lowest BCUT2D eigenvalue weighted by Crippen LogP contribution is -2.36. The Labute approximate surface area is 178 Å². The molecule has 0 aliphatic heterocycles. The summed E-state index contributed by atoms with van der Waals surface area (Å²) >= 11 is 0. The summed E-state index contributed by atoms with van der Waals surface area (Å²) in [5.41, 5.74) is 14.8. The molecule has 1 amide bonds. The molecule has 4 rings (SSSR count). The molecule has 1 unspecified atom stereocenters. The quantitative estimate of drug-likeness (QED) is 0.510. The van der Waals surface area contributed by atoms with Gasteiger partial charge >= 0.3 is 0 Å². The van der Waals surface area contributed by atoms with Gasteiger partial charge in [0.25, 0.3) is 5.91 Å². The number of rotatable bonds is 6. The number of nitrogens with zero attached hydrogens (tertiary/aromatic N) is 1. The standard InChI is InChI=1S/C25H30N4O/c1-25(18-7-4-16(5-8-18)24(30)28-12-13-29(2)3)14-17-6-11-22(27)20(15-26)23(17)19-9-10-21(19)25/h4-8,11,15,26H,9-10,12-14,27H2,1-3H3,(H,28,30). The first kappa shape index (κ1) is 20.4. The van der Waals surface area contributed by atoms with E-state index in [9.17, 15) is 4.79 Å². The molecule has 0 saturated heterocycles. The van der Waals surface area contributed by atoms with E-state index >= 15 is 0 Å². The van der Waals surface area contributed by atoms with Crippen molar-refractivity contribution in [3.63, 3.8) is 0 Å². The van der Waals surface area contributed by atoms with Gasteiger partial charge < -0.3 is 21.4 Å². The van der Waals surface area contributed by atoms with E-state index in [2.05, 4.69) is 30.4 Å². The maximum Gasteiger partial charge on any atom is 0.251 e. The largest absolute Gasteiger partial charge is 0.398 e. The normalized spacial score (nSPS) is 19.7. The van der Waals surface area contributed by atoms with Gasteiger partial charge in [0.2, 0.25) is 0 Å². The number of carbonyl (C=O) groups is 1. The molecule has 2 aliphatic rings. The number of amides is 1. The van der Waals surface area contributed by atoms with Gasteiger partial charge in [0.15, 0.2) is 0 Å². The van der Waals surface area contributed by atoms with Crippen molar-refractivity contribution >= 4 is 23.4 Å². The zero-order valence-corrected chi connectivity index (χ0v) is 18.0. The van der Waals surface area contributed by atoms with Crippen molar-refractivity contribution in [1.82, 2.24) is 10.2 Å². The van der Waals surface area contributed by atoms with Gasteiger partial charge in [-0.2, -0.15) is 0 Å². The average molecular weight is 403 g/mol. The number of hydrogen-bond acceptors (Lipinski definition) is 4. The highest BCUT2D eigenvalue weighted by molar-refractivity contribution is 5.97. The number of carbonyl (C=O) groups excluding carboxylic acids is 1. The van der Waals surface area contributed by atoms with Crippen LogP contribution >= 0.6 is 0 Å². The minimum absolute atomic E-state index is 0.0304. The fraction of sp³-hybridized carbons (Fsp3) is 0.360. The highest BCUT2D eigenvalue weighted by Crippen LogP contribution is 2.54. The summed E-state index contributed by atoms with van der Waals surface area (Å²) in [5, 5.41) is 10.8. The van der Waals surface area contributed by atoms with Crippen LogP contribution in [0, 0.1) is 5.41 Å². The van der Waals surface area contributed by atoms with Crippen molar-refractivity contribution in [1.29, 1.82) is 5.41 Å². The summed E-state index contributed by atoms with van der Waals surface area (Å²) in [7, 11) is 3.99. The molecule has 4 N–H and O–H groups in total. The van der Waals surface area contributed by atoms with Crippen LogP contribution in [0.1, 0.15) is 52.4 Å². The van der Waals surface area contributed by atoms with Gasteiger partial charge in [-0.05, 0) is 73.8 Å². The van der Waals surface area contributed by atoms with Crippen LogP contribution in [0.2, 0.25) is 0 Å². The monoisotopic (exact) mass is 402 g/mol. The van der Waals surface area contributed by atoms with Gasteiger partial charge in [0.05, 0.1) is 0 Å². The third-order valence-corrected chi connectivity index (χ3v) is 6.64. The van der Waals surface area contributed by atoms with Gasteiger partial charge in [-0.15, -0.1) is 0 Å². The molecular weight excluding hydrogens is 372 g/mol. The lowest BCUT2D eigenvalue weighted by Gasteiger charge is -2.45. The van der Waals surface area contributed by atoms with Gasteiger partial charge in [-0.25, -0.2) is 0 Å². The fourth-order valence-corrected chi connectivity index (χ4v) is 4.85. The first-order valence-corrected chi connectivity index (χ1v) is 10.5. The van der Waals surface area contributed by atoms with Gasteiger partial charge in [0.1, 0.15) is 0 Å². The second-order valence-corrected chi connectivity index (χ2v) is 8.85. The van der Waals surface area contributed by atoms with Crippen molar-refractivity contribution in [2.75, 3.05) is 32.9 Å². The van der Waals surface area contributed by atoms with Crippen LogP contribution in [0.5, 0.6) is 0 Å². The number of anilines is 1. The molecule has 0 bridgehead atoms. The van der Waals surface area contributed by atoms with Crippen molar-refractivity contribution in [3.8, 4) is 0 Å². The highest BCUT2D eigenvalue weighted by Gasteiger charge is 2.42. The molecular formula is C25H30N4O. The van der Waals surface area contributed by atoms with Crippen LogP contribution < -0.4 is 11.1 Å². The minimum atomic E-state index is -0.0874. The second-order valence-electron chi connectivity index (χ2n) is 8.85. The Morgan fingerprint density at radius 2 is 1.93 bits per heavy atom. The van der Waals surface area contributed by atoms with Crippen molar-refractivity contribution < 1.29 is 4.79 Å². The topological polar surface area (TPSA) is 82.2 Å². The van der Waals surface area contributed by atoms with Gasteiger partial charge in [-0.1, -0.05) is 30.7 Å². The molecule has 0 radical (unpaired) electrons. The van der Waals surface area contributed by atoms with E-state index in [0.29, 0.717) is 17.8 Å². The number of fused-ring (bicyclic) bond motifs is 2. The zero-order chi connectivity index (χ0) is 21.5. The summed E-state index contributed by atoms with van der Waals surface area (Å²) in [4.78, 5) is 14.5. The van der Waals surface area contributed by atoms with Gasteiger partial charge in [0, 0.05) is 41.5 Å². The minimum Gasteiger partial charge on any atom is -0.398 e. The van der Waals surface area contributed by atoms with Crippen LogP contribution in [-0.2, 0) is 11.8 Å². The molecule has 30 heavy (non-hydrogen) atoms. The van der Waals surface area contributed by atoms with Crippen LogP contribution in [-0.4, -0.2) is 44.2 Å². The average Bonchev–Trinajstić information content (AvgIpc) is 2.68. The van der Waals surface area contributed by atoms with E-state index in [-0.39, 0.29) is 11.3 Å². The molecule has 0 fully saturated rings. The lowest BCUT2D eigenvalue weighted by atomic mass is 9.58. The number of allylic oxidation sites excluding steroid dienone is 2. The summed E-state index contributed by atoms with van der Waals surface area (Å²) in [6, 6.07) is 12.1. The lowest BCUT2D eigenvalue weighted by molar-refractivity contribution is 0.0951. The summed E-state index contributed by atoms with van der Waals surface area (Å²) < 4.78 is 0. The van der Waals surface area contributed by atoms with Crippen LogP contribution in [0.4, 0.5) is 5.69 Å². The summed E-state index contributed by atoms with van der Waals surface area (Å²) in [5.74, 6) is -0.0304. The Bertz CT molecular complexity index is 1040. The predicted octanol–water partition coefficient (Wildman–Crippen LogP) is 3.62. The Balaban J connectivity index is 1.62. The van der Waals surface area contributed by atoms with Gasteiger partial charge in [-0.3, -0.25) is 4.79 Å². The zero-order valence-electron chi connectivity index (χ0n) is 18.0. The summed E-state index contributed by atoms with van der Waals surface area (Å²) in [6.45, 7) is 3.76. The number of nitrogen functional groups attached to an aromatic ring is 1. The molecule has 2 aromatic rings. The van der Waals surface area contributed by atoms with E-state index < -0.39 is 0 Å². The summed E-state index contributed by atoms with van der Waals surface area (Å²) in [6.07, 6.45) is 4.39. The molecule has 156 valence electrons. The Kier molecular flexibility index (Phi) is 5.24. The highest BCUT2D eigenvalue weighted by atomic mass is 16.1. The van der Waals surface area contributed by atoms with E-state index in [1.807, 2.05) is 37.2 Å². The number of nitrogens with one attached hydrogen (secondary N) is 2. The Morgan fingerprint density at radius 3 is 2.53 bits per heavy atom. The molecule has 0 aromatic heterocycles. The third kappa shape index (κ3) is 3.33. The van der Waals surface area contributed by atoms with Crippen molar-refractivity contribution in [3.05, 3.63) is 69.8 Å².